The molecule has 0 N–H and O–H groups in total. The van der Waals surface area contributed by atoms with E-state index in [1.165, 1.54) is 19.1 Å². The van der Waals surface area contributed by atoms with Crippen LogP contribution in [0.15, 0.2) is 36.4 Å². The Labute approximate surface area is 175 Å². The highest BCUT2D eigenvalue weighted by atomic mass is 16.6. The number of carbonyl (C=O) groups is 2. The number of piperazine rings is 1. The highest BCUT2D eigenvalue weighted by Crippen LogP contribution is 2.34. The molecular weight excluding hydrogens is 382 g/mol. The Bertz CT molecular complexity index is 1020. The molecule has 1 radical (unpaired) electrons. The van der Waals surface area contributed by atoms with Crippen molar-refractivity contribution >= 4 is 23.6 Å². The van der Waals surface area contributed by atoms with Gasteiger partial charge in [0, 0.05) is 39.2 Å². The SMILES string of the molecule is CC(=O)N1CCN(C(=O)/C=C/c2cc[c]c([N+](=O)[O-])c2-c2ccc(C)c(C)c2)CC1. The topological polar surface area (TPSA) is 83.8 Å². The lowest BCUT2D eigenvalue weighted by atomic mass is 9.94. The average Bonchev–Trinajstić information content (AvgIpc) is 2.73. The molecule has 7 heteroatoms. The molecule has 1 heterocycles. The van der Waals surface area contributed by atoms with Crippen molar-refractivity contribution < 1.29 is 14.5 Å². The molecule has 2 amide bonds. The molecule has 7 nitrogen and oxygen atoms in total. The highest BCUT2D eigenvalue weighted by Gasteiger charge is 2.22. The van der Waals surface area contributed by atoms with E-state index in [0.717, 1.165) is 11.1 Å². The van der Waals surface area contributed by atoms with E-state index < -0.39 is 4.92 Å². The molecule has 1 aliphatic rings. The summed E-state index contributed by atoms with van der Waals surface area (Å²) in [5.41, 5.74) is 3.74. The van der Waals surface area contributed by atoms with Gasteiger partial charge in [-0.15, -0.1) is 0 Å². The molecule has 0 bridgehead atoms. The van der Waals surface area contributed by atoms with E-state index in [1.54, 1.807) is 21.9 Å². The maximum Gasteiger partial charge on any atom is 0.285 e. The number of hydrogen-bond donors (Lipinski definition) is 0. The summed E-state index contributed by atoms with van der Waals surface area (Å²) in [6.07, 6.45) is 3.05. The summed E-state index contributed by atoms with van der Waals surface area (Å²) >= 11 is 0. The van der Waals surface area contributed by atoms with Crippen LogP contribution < -0.4 is 0 Å². The quantitative estimate of drug-likeness (QED) is 0.443. The van der Waals surface area contributed by atoms with Gasteiger partial charge in [0.1, 0.15) is 0 Å². The van der Waals surface area contributed by atoms with Crippen molar-refractivity contribution in [1.29, 1.82) is 0 Å². The third kappa shape index (κ3) is 4.56. The first kappa shape index (κ1) is 21.2. The van der Waals surface area contributed by atoms with Gasteiger partial charge in [-0.05, 0) is 48.2 Å². The third-order valence-corrected chi connectivity index (χ3v) is 5.43. The predicted octanol–water partition coefficient (Wildman–Crippen LogP) is 3.38. The summed E-state index contributed by atoms with van der Waals surface area (Å²) in [5, 5.41) is 11.6. The summed E-state index contributed by atoms with van der Waals surface area (Å²) in [7, 11) is 0. The van der Waals surface area contributed by atoms with Gasteiger partial charge < -0.3 is 9.80 Å². The van der Waals surface area contributed by atoms with Crippen LogP contribution in [-0.4, -0.2) is 52.7 Å². The molecule has 3 rings (SSSR count). The summed E-state index contributed by atoms with van der Waals surface area (Å²) in [6, 6.07) is 11.6. The standard InChI is InChI=1S/C23H24N3O4/c1-16-7-8-20(15-17(16)2)23-19(5-4-6-21(23)26(29)30)9-10-22(28)25-13-11-24(12-14-25)18(3)27/h4-5,7-10,15H,11-14H2,1-3H3/b10-9+. The van der Waals surface area contributed by atoms with Crippen LogP contribution in [0, 0.1) is 30.0 Å². The maximum atomic E-state index is 12.6. The summed E-state index contributed by atoms with van der Waals surface area (Å²) in [6.45, 7) is 7.41. The Morgan fingerprint density at radius 1 is 1.07 bits per heavy atom. The number of nitro benzene ring substituents is 1. The molecule has 1 saturated heterocycles. The smallest absolute Gasteiger partial charge is 0.285 e. The van der Waals surface area contributed by atoms with Gasteiger partial charge >= 0.3 is 0 Å². The predicted molar refractivity (Wildman–Crippen MR) is 115 cm³/mol. The van der Waals surface area contributed by atoms with Crippen LogP contribution in [0.25, 0.3) is 17.2 Å². The van der Waals surface area contributed by atoms with Gasteiger partial charge in [0.25, 0.3) is 5.69 Å². The number of benzene rings is 2. The molecule has 30 heavy (non-hydrogen) atoms. The highest BCUT2D eigenvalue weighted by molar-refractivity contribution is 5.94. The van der Waals surface area contributed by atoms with E-state index in [4.69, 9.17) is 0 Å². The zero-order chi connectivity index (χ0) is 21.8. The first-order chi connectivity index (χ1) is 14.3. The van der Waals surface area contributed by atoms with Gasteiger partial charge in [-0.25, -0.2) is 0 Å². The Morgan fingerprint density at radius 2 is 1.73 bits per heavy atom. The van der Waals surface area contributed by atoms with Crippen molar-refractivity contribution in [3.8, 4) is 11.1 Å². The van der Waals surface area contributed by atoms with Gasteiger partial charge in [0.05, 0.1) is 16.6 Å². The fourth-order valence-corrected chi connectivity index (χ4v) is 3.49. The second kappa shape index (κ2) is 8.90. The lowest BCUT2D eigenvalue weighted by molar-refractivity contribution is -0.384. The average molecular weight is 406 g/mol. The Balaban J connectivity index is 1.90. The van der Waals surface area contributed by atoms with Crippen molar-refractivity contribution in [3.63, 3.8) is 0 Å². The second-order valence-corrected chi connectivity index (χ2v) is 7.38. The molecule has 0 spiro atoms. The van der Waals surface area contributed by atoms with E-state index in [1.807, 2.05) is 32.0 Å². The lowest BCUT2D eigenvalue weighted by Gasteiger charge is -2.33. The van der Waals surface area contributed by atoms with E-state index in [0.29, 0.717) is 42.9 Å². The zero-order valence-corrected chi connectivity index (χ0v) is 17.3. The van der Waals surface area contributed by atoms with E-state index >= 15 is 0 Å². The van der Waals surface area contributed by atoms with Gasteiger partial charge in [-0.1, -0.05) is 24.3 Å². The van der Waals surface area contributed by atoms with Crippen molar-refractivity contribution in [2.45, 2.75) is 20.8 Å². The minimum absolute atomic E-state index is 0.00326. The van der Waals surface area contributed by atoms with Crippen LogP contribution >= 0.6 is 0 Å². The lowest BCUT2D eigenvalue weighted by Crippen LogP contribution is -2.49. The van der Waals surface area contributed by atoms with Gasteiger partial charge in [0.15, 0.2) is 0 Å². The summed E-state index contributed by atoms with van der Waals surface area (Å²) in [5.74, 6) is -0.178. The first-order valence-corrected chi connectivity index (χ1v) is 9.77. The van der Waals surface area contributed by atoms with Crippen LogP contribution in [0.2, 0.25) is 0 Å². The van der Waals surface area contributed by atoms with E-state index in [9.17, 15) is 19.7 Å². The minimum Gasteiger partial charge on any atom is -0.339 e. The molecule has 0 atom stereocenters. The van der Waals surface area contributed by atoms with Gasteiger partial charge in [-0.3, -0.25) is 19.7 Å². The second-order valence-electron chi connectivity index (χ2n) is 7.38. The van der Waals surface area contributed by atoms with Crippen LogP contribution in [0.5, 0.6) is 0 Å². The molecule has 1 fully saturated rings. The normalized spacial score (nSPS) is 14.2. The fourth-order valence-electron chi connectivity index (χ4n) is 3.49. The van der Waals surface area contributed by atoms with Crippen molar-refractivity contribution in [1.82, 2.24) is 9.80 Å². The number of aryl methyl sites for hydroxylation is 2. The maximum absolute atomic E-state index is 12.6. The van der Waals surface area contributed by atoms with Crippen LogP contribution in [0.3, 0.4) is 0 Å². The molecule has 2 aromatic carbocycles. The minimum atomic E-state index is -0.454. The number of amides is 2. The van der Waals surface area contributed by atoms with Gasteiger partial charge in [-0.2, -0.15) is 0 Å². The number of carbonyl (C=O) groups excluding carboxylic acids is 2. The molecule has 0 aliphatic carbocycles. The Hall–Kier alpha value is -3.48. The summed E-state index contributed by atoms with van der Waals surface area (Å²) < 4.78 is 0. The van der Waals surface area contributed by atoms with Crippen molar-refractivity contribution in [2.24, 2.45) is 0 Å². The third-order valence-electron chi connectivity index (χ3n) is 5.43. The van der Waals surface area contributed by atoms with Crippen LogP contribution in [0.1, 0.15) is 23.6 Å². The van der Waals surface area contributed by atoms with Crippen molar-refractivity contribution in [3.05, 3.63) is 69.3 Å². The van der Waals surface area contributed by atoms with E-state index in [-0.39, 0.29) is 17.5 Å². The molecule has 155 valence electrons. The fraction of sp³-hybridized carbons (Fsp3) is 0.304. The molecular formula is C23H24N3O4. The van der Waals surface area contributed by atoms with Gasteiger partial charge in [0.2, 0.25) is 11.8 Å². The van der Waals surface area contributed by atoms with Crippen LogP contribution in [-0.2, 0) is 9.59 Å². The monoisotopic (exact) mass is 406 g/mol. The first-order valence-electron chi connectivity index (χ1n) is 9.77. The zero-order valence-electron chi connectivity index (χ0n) is 17.3. The molecule has 0 aromatic heterocycles. The molecule has 0 saturated carbocycles. The summed E-state index contributed by atoms with van der Waals surface area (Å²) in [4.78, 5) is 38.6. The molecule has 2 aromatic rings. The number of rotatable bonds is 4. The molecule has 1 aliphatic heterocycles. The number of hydrogen-bond acceptors (Lipinski definition) is 4. The molecule has 0 unspecified atom stereocenters. The van der Waals surface area contributed by atoms with Crippen molar-refractivity contribution in [2.75, 3.05) is 26.2 Å². The number of nitrogens with zero attached hydrogens (tertiary/aromatic N) is 3. The van der Waals surface area contributed by atoms with E-state index in [2.05, 4.69) is 6.07 Å². The largest absolute Gasteiger partial charge is 0.339 e. The Morgan fingerprint density at radius 3 is 2.33 bits per heavy atom. The van der Waals surface area contributed by atoms with Crippen LogP contribution in [0.4, 0.5) is 5.69 Å². The Kier molecular flexibility index (Phi) is 6.30. The number of nitro groups is 1.